The Balaban J connectivity index is 3.77. The second-order valence-electron chi connectivity index (χ2n) is 9.74. The van der Waals surface area contributed by atoms with Crippen molar-refractivity contribution in [3.63, 3.8) is 0 Å². The number of hydrogen-bond donors (Lipinski definition) is 2. The van der Waals surface area contributed by atoms with Gasteiger partial charge in [0, 0.05) is 13.0 Å². The Kier molecular flexibility index (Phi) is 24.9. The van der Waals surface area contributed by atoms with Crippen LogP contribution in [0, 0.1) is 0 Å². The highest BCUT2D eigenvalue weighted by Crippen LogP contribution is 2.40. The molecule has 0 heterocycles. The first-order valence-corrected chi connectivity index (χ1v) is 16.2. The van der Waals surface area contributed by atoms with Crippen LogP contribution < -0.4 is 5.32 Å². The van der Waals surface area contributed by atoms with Crippen molar-refractivity contribution in [2.45, 2.75) is 129 Å². The van der Waals surface area contributed by atoms with Gasteiger partial charge in [-0.3, -0.25) is 9.36 Å². The van der Waals surface area contributed by atoms with Crippen LogP contribution in [0.4, 0.5) is 0 Å². The molecule has 7 nitrogen and oxygen atoms in total. The van der Waals surface area contributed by atoms with Crippen LogP contribution in [0.2, 0.25) is 0 Å². The molecular weight excluding hydrogens is 465 g/mol. The highest BCUT2D eigenvalue weighted by atomic mass is 31.2. The molecule has 0 saturated heterocycles. The van der Waals surface area contributed by atoms with Gasteiger partial charge in [0.1, 0.15) is 6.10 Å². The van der Waals surface area contributed by atoms with Crippen LogP contribution in [0.15, 0.2) is 0 Å². The van der Waals surface area contributed by atoms with Crippen LogP contribution in [-0.4, -0.2) is 56.5 Å². The summed E-state index contributed by atoms with van der Waals surface area (Å²) in [4.78, 5) is 21.7. The summed E-state index contributed by atoms with van der Waals surface area (Å²) >= 11 is 0. The van der Waals surface area contributed by atoms with E-state index in [9.17, 15) is 14.3 Å². The zero-order chi connectivity index (χ0) is 26.0. The predicted octanol–water partition coefficient (Wildman–Crippen LogP) is 5.98. The minimum absolute atomic E-state index is 0.0686. The maximum absolute atomic E-state index is 12.1. The molecule has 0 bridgehead atoms. The minimum atomic E-state index is -3.68. The molecule has 0 amide bonds. The van der Waals surface area contributed by atoms with E-state index in [-0.39, 0.29) is 25.3 Å². The lowest BCUT2D eigenvalue weighted by molar-refractivity contribution is -0.622. The fraction of sp³-hybridized carbons (Fsp3) is 0.963. The molecule has 0 aromatic carbocycles. The molecule has 2 unspecified atom stereocenters. The number of rotatable bonds is 27. The number of nitrogens with two attached hydrogens (primary N) is 1. The second-order valence-corrected chi connectivity index (χ2v) is 11.7. The largest absolute Gasteiger partial charge is 0.457 e. The van der Waals surface area contributed by atoms with Gasteiger partial charge in [-0.25, -0.2) is 0 Å². The standard InChI is InChI=1S/C27H56NO6P/c1-4-6-7-8-9-10-11-12-13-14-15-16-17-18-19-22-32-24-26(34-27(29)20-5-2)25-33-35(30,31)23-21-28-3/h26,28H,4-25H2,1-3H3,(H,30,31)/p+1. The molecule has 0 aliphatic heterocycles. The number of esters is 1. The number of ether oxygens (including phenoxy) is 2. The van der Waals surface area contributed by atoms with Crippen LogP contribution >= 0.6 is 7.60 Å². The van der Waals surface area contributed by atoms with Crippen molar-refractivity contribution in [3.8, 4) is 0 Å². The van der Waals surface area contributed by atoms with Gasteiger partial charge in [0.25, 0.3) is 0 Å². The average Bonchev–Trinajstić information content (AvgIpc) is 2.83. The van der Waals surface area contributed by atoms with Crippen LogP contribution in [0.1, 0.15) is 123 Å². The monoisotopic (exact) mass is 522 g/mol. The highest BCUT2D eigenvalue weighted by molar-refractivity contribution is 7.52. The van der Waals surface area contributed by atoms with E-state index in [1.807, 2.05) is 19.3 Å². The molecule has 0 rings (SSSR count). The van der Waals surface area contributed by atoms with E-state index in [1.54, 1.807) is 0 Å². The average molecular weight is 523 g/mol. The Bertz CT molecular complexity index is 520. The zero-order valence-corrected chi connectivity index (χ0v) is 24.0. The van der Waals surface area contributed by atoms with Gasteiger partial charge in [-0.15, -0.1) is 0 Å². The van der Waals surface area contributed by atoms with Crippen LogP contribution in [0.5, 0.6) is 0 Å². The predicted molar refractivity (Wildman–Crippen MR) is 144 cm³/mol. The van der Waals surface area contributed by atoms with E-state index in [0.717, 1.165) is 12.8 Å². The molecule has 210 valence electrons. The molecule has 35 heavy (non-hydrogen) atoms. The van der Waals surface area contributed by atoms with Gasteiger partial charge in [-0.2, -0.15) is 0 Å². The first-order chi connectivity index (χ1) is 16.9. The van der Waals surface area contributed by atoms with E-state index in [2.05, 4.69) is 6.92 Å². The molecule has 3 N–H and O–H groups in total. The molecule has 8 heteroatoms. The Morgan fingerprint density at radius 3 is 1.80 bits per heavy atom. The molecule has 0 fully saturated rings. The fourth-order valence-corrected chi connectivity index (χ4v) is 5.02. The number of unbranched alkanes of at least 4 members (excludes halogenated alkanes) is 14. The van der Waals surface area contributed by atoms with Gasteiger partial charge in [-0.05, 0) is 12.8 Å². The van der Waals surface area contributed by atoms with E-state index < -0.39 is 13.7 Å². The quantitative estimate of drug-likeness (QED) is 0.0782. The lowest BCUT2D eigenvalue weighted by Crippen LogP contribution is -2.80. The van der Waals surface area contributed by atoms with Gasteiger partial charge >= 0.3 is 13.6 Å². The maximum atomic E-state index is 12.1. The van der Waals surface area contributed by atoms with Gasteiger partial charge in [0.15, 0.2) is 0 Å². The summed E-state index contributed by atoms with van der Waals surface area (Å²) in [6.07, 6.45) is 20.2. The highest BCUT2D eigenvalue weighted by Gasteiger charge is 2.24. The molecule has 0 aliphatic carbocycles. The van der Waals surface area contributed by atoms with E-state index in [4.69, 9.17) is 14.0 Å². The molecule has 0 aliphatic rings. The summed E-state index contributed by atoms with van der Waals surface area (Å²) in [7, 11) is -1.84. The van der Waals surface area contributed by atoms with Crippen molar-refractivity contribution in [1.29, 1.82) is 0 Å². The first-order valence-electron chi connectivity index (χ1n) is 14.5. The summed E-state index contributed by atoms with van der Waals surface area (Å²) in [6, 6.07) is 0. The van der Waals surface area contributed by atoms with Gasteiger partial charge < -0.3 is 24.2 Å². The molecule has 2 atom stereocenters. The van der Waals surface area contributed by atoms with Gasteiger partial charge in [0.2, 0.25) is 0 Å². The summed E-state index contributed by atoms with van der Waals surface area (Å²) in [5.41, 5.74) is 0. The summed E-state index contributed by atoms with van der Waals surface area (Å²) in [6.45, 7) is 5.35. The third kappa shape index (κ3) is 25.0. The maximum Gasteiger partial charge on any atom is 0.333 e. The van der Waals surface area contributed by atoms with Crippen molar-refractivity contribution in [1.82, 2.24) is 0 Å². The Labute approximate surface area is 216 Å². The van der Waals surface area contributed by atoms with Crippen LogP contribution in [-0.2, 0) is 23.4 Å². The molecule has 0 saturated carbocycles. The van der Waals surface area contributed by atoms with Crippen molar-refractivity contribution in [2.75, 3.05) is 39.6 Å². The summed E-state index contributed by atoms with van der Waals surface area (Å²) in [5, 5.41) is 1.82. The zero-order valence-electron chi connectivity index (χ0n) is 23.1. The fourth-order valence-electron chi connectivity index (χ4n) is 3.91. The molecular formula is C27H57NO6P+. The third-order valence-electron chi connectivity index (χ3n) is 6.11. The topological polar surface area (TPSA) is 98.7 Å². The summed E-state index contributed by atoms with van der Waals surface area (Å²) < 4.78 is 28.3. The lowest BCUT2D eigenvalue weighted by atomic mass is 10.0. The second kappa shape index (κ2) is 25.2. The molecule has 0 spiro atoms. The van der Waals surface area contributed by atoms with Crippen LogP contribution in [0.3, 0.4) is 0 Å². The van der Waals surface area contributed by atoms with E-state index in [1.165, 1.54) is 83.5 Å². The van der Waals surface area contributed by atoms with E-state index >= 15 is 0 Å². The van der Waals surface area contributed by atoms with Crippen molar-refractivity contribution < 1.29 is 33.6 Å². The Morgan fingerprint density at radius 1 is 0.800 bits per heavy atom. The SMILES string of the molecule is CCCCCCCCCCCCCCCCCOCC(COP(=O)(O)CC[NH2+]C)OC(=O)CCC. The minimum Gasteiger partial charge on any atom is -0.457 e. The molecule has 0 aromatic heterocycles. The van der Waals surface area contributed by atoms with Crippen molar-refractivity contribution in [2.24, 2.45) is 0 Å². The molecule has 0 aromatic rings. The number of hydrogen-bond acceptors (Lipinski definition) is 5. The first kappa shape index (κ1) is 34.5. The van der Waals surface area contributed by atoms with Crippen molar-refractivity contribution >= 4 is 13.6 Å². The Morgan fingerprint density at radius 2 is 1.31 bits per heavy atom. The number of carbonyl (C=O) groups excluding carboxylic acids is 1. The van der Waals surface area contributed by atoms with Gasteiger partial charge in [-0.1, -0.05) is 104 Å². The lowest BCUT2D eigenvalue weighted by Gasteiger charge is -2.20. The normalized spacial score (nSPS) is 14.1. The van der Waals surface area contributed by atoms with Crippen molar-refractivity contribution in [3.05, 3.63) is 0 Å². The number of quaternary nitrogens is 1. The van der Waals surface area contributed by atoms with E-state index in [0.29, 0.717) is 26.0 Å². The third-order valence-corrected chi connectivity index (χ3v) is 7.49. The number of carbonyl (C=O) groups is 1. The van der Waals surface area contributed by atoms with Gasteiger partial charge in [0.05, 0.1) is 33.0 Å². The molecule has 0 radical (unpaired) electrons. The summed E-state index contributed by atoms with van der Waals surface area (Å²) in [5.74, 6) is -0.327. The Hall–Kier alpha value is -0.460. The van der Waals surface area contributed by atoms with Crippen LogP contribution in [0.25, 0.3) is 0 Å². The smallest absolute Gasteiger partial charge is 0.333 e.